The Labute approximate surface area is 301 Å². The van der Waals surface area contributed by atoms with Crippen molar-refractivity contribution in [2.45, 2.75) is 0 Å². The molecule has 0 atom stereocenters. The van der Waals surface area contributed by atoms with E-state index in [9.17, 15) is 0 Å². The number of hydrogen-bond donors (Lipinski definition) is 0. The predicted molar refractivity (Wildman–Crippen MR) is 56.6 cm³/mol. The second kappa shape index (κ2) is 76.5. The standard InChI is InChI=1S/2Ca.2Fe.2Mn.7O3Si/c;;;;;;7*1-4(2)3/q2*+2;2*+3;2*+2;7*-2. The number of hydrogen-bond acceptors (Lipinski definition) is 21. The fourth-order valence-corrected chi connectivity index (χ4v) is 0. The Balaban J connectivity index is -0.0000000134. The Morgan fingerprint density at radius 2 is 0.265 bits per heavy atom. The summed E-state index contributed by atoms with van der Waals surface area (Å²) in [5.74, 6) is 0. The Kier molecular flexibility index (Phi) is 188. The summed E-state index contributed by atoms with van der Waals surface area (Å²) in [5.41, 5.74) is 0. The summed E-state index contributed by atoms with van der Waals surface area (Å²) in [6, 6.07) is 0. The van der Waals surface area contributed by atoms with Crippen LogP contribution in [0.25, 0.3) is 0 Å². The van der Waals surface area contributed by atoms with Crippen molar-refractivity contribution in [3.63, 3.8) is 0 Å². The van der Waals surface area contributed by atoms with Gasteiger partial charge in [0.05, 0.1) is 0 Å². The molecule has 0 bridgehead atoms. The summed E-state index contributed by atoms with van der Waals surface area (Å²) in [7, 11) is -25.4. The Bertz CT molecular complexity index is 334. The van der Waals surface area contributed by atoms with Crippen LogP contribution in [0.5, 0.6) is 0 Å². The van der Waals surface area contributed by atoms with Crippen molar-refractivity contribution in [3.05, 3.63) is 0 Å². The molecule has 0 unspecified atom stereocenters. The van der Waals surface area contributed by atoms with Crippen LogP contribution in [-0.4, -0.2) is 140 Å². The van der Waals surface area contributed by atoms with Gasteiger partial charge in [-0.2, -0.15) is 0 Å². The molecule has 0 fully saturated rings. The minimum atomic E-state index is -3.63. The zero-order chi connectivity index (χ0) is 25.0. The quantitative estimate of drug-likeness (QED) is 0.204. The first kappa shape index (κ1) is 83.4. The fraction of sp³-hybridized carbons (Fsp3) is 0. The van der Waals surface area contributed by atoms with E-state index in [0.717, 1.165) is 0 Å². The molecule has 0 amide bonds. The summed E-state index contributed by atoms with van der Waals surface area (Å²) in [6.07, 6.45) is 0. The summed E-state index contributed by atoms with van der Waals surface area (Å²) in [4.78, 5) is 119. The first-order valence-corrected chi connectivity index (χ1v) is 12.9. The molecule has 0 saturated carbocycles. The van der Waals surface area contributed by atoms with Gasteiger partial charge in [0.2, 0.25) is 0 Å². The van der Waals surface area contributed by atoms with Gasteiger partial charge in [0.15, 0.2) is 0 Å². The van der Waals surface area contributed by atoms with Gasteiger partial charge in [-0.3, -0.25) is 0 Å². The van der Waals surface area contributed by atoms with Gasteiger partial charge in [-0.1, -0.05) is 0 Å². The van der Waals surface area contributed by atoms with Gasteiger partial charge in [0.25, 0.3) is 0 Å². The van der Waals surface area contributed by atoms with E-state index >= 15 is 0 Å². The molecule has 4 radical (unpaired) electrons. The van der Waals surface area contributed by atoms with E-state index in [1.54, 1.807) is 0 Å². The van der Waals surface area contributed by atoms with Crippen LogP contribution in [0.4, 0.5) is 0 Å². The van der Waals surface area contributed by atoms with Crippen molar-refractivity contribution in [2.24, 2.45) is 0 Å². The third kappa shape index (κ3) is 10000. The maximum absolute atomic E-state index is 8.52. The van der Waals surface area contributed by atoms with Crippen molar-refractivity contribution in [2.75, 3.05) is 0 Å². The first-order valence-electron chi connectivity index (χ1n) is 4.29. The minimum absolute atomic E-state index is 0. The largest absolute Gasteiger partial charge is 3.00 e. The molecule has 34 heavy (non-hydrogen) atoms. The fourth-order valence-electron chi connectivity index (χ4n) is 0. The van der Waals surface area contributed by atoms with Crippen LogP contribution in [0.1, 0.15) is 0 Å². The number of rotatable bonds is 0. The van der Waals surface area contributed by atoms with Gasteiger partial charge in [-0.05, 0) is 0 Å². The van der Waals surface area contributed by atoms with Crippen LogP contribution in [0.15, 0.2) is 0 Å². The van der Waals surface area contributed by atoms with Crippen LogP contribution in [-0.2, 0) is 99.5 Å². The molecule has 0 aliphatic rings. The zero-order valence-corrected chi connectivity index (χ0v) is 30.9. The molecule has 188 valence electrons. The maximum Gasteiger partial charge on any atom is 3.00 e. The minimum Gasteiger partial charge on any atom is -0.672 e. The van der Waals surface area contributed by atoms with E-state index in [1.165, 1.54) is 0 Å². The van der Waals surface area contributed by atoms with E-state index in [1.807, 2.05) is 0 Å². The van der Waals surface area contributed by atoms with Gasteiger partial charge >= 0.3 is 144 Å². The smallest absolute Gasteiger partial charge is 0.672 e. The Hall–Kier alpha value is 1.92. The summed E-state index contributed by atoms with van der Waals surface area (Å²) in [6.45, 7) is 0. The summed E-state index contributed by atoms with van der Waals surface area (Å²) >= 11 is 0. The molecular weight excluding hydrogens is 834 g/mol. The summed E-state index contributed by atoms with van der Waals surface area (Å²) in [5, 5.41) is 0. The second-order valence-corrected chi connectivity index (χ2v) is 5.25. The monoisotopic (exact) mass is 833 g/mol. The van der Waals surface area contributed by atoms with Crippen LogP contribution in [0.3, 0.4) is 0 Å². The van der Waals surface area contributed by atoms with Crippen molar-refractivity contribution in [3.8, 4) is 0 Å². The van der Waals surface area contributed by atoms with Gasteiger partial charge in [-0.15, -0.1) is 0 Å². The third-order valence-corrected chi connectivity index (χ3v) is 0. The first-order chi connectivity index (χ1) is 12.1. The SMILES string of the molecule is O=[Si]([O-])[O-].O=[Si]([O-])[O-].O=[Si]([O-])[O-].O=[Si]([O-])[O-].O=[Si]([O-])[O-].O=[Si]([O-])[O-].O=[Si]([O-])[O-].[Ca+2].[Ca+2].[Fe+3].[Fe+3].[Mn+2].[Mn+2]. The maximum atomic E-state index is 8.52. The van der Waals surface area contributed by atoms with E-state index in [2.05, 4.69) is 0 Å². The average Bonchev–Trinajstić information content (AvgIpc) is 2.20. The van der Waals surface area contributed by atoms with E-state index in [0.29, 0.717) is 0 Å². The van der Waals surface area contributed by atoms with E-state index < -0.39 is 64.2 Å². The normalized spacial score (nSPS) is 4.94. The Morgan fingerprint density at radius 1 is 0.265 bits per heavy atom. The third-order valence-electron chi connectivity index (χ3n) is 0. The molecule has 34 heteroatoms. The summed E-state index contributed by atoms with van der Waals surface area (Å²) < 4.78 is 59.6. The van der Waals surface area contributed by atoms with Crippen LogP contribution < -0.4 is 67.1 Å². The molecule has 0 rings (SSSR count). The molecule has 0 aliphatic carbocycles. The van der Waals surface area contributed by atoms with Gasteiger partial charge in [0, 0.05) is 64.2 Å². The molecule has 21 nitrogen and oxygen atoms in total. The van der Waals surface area contributed by atoms with Crippen molar-refractivity contribution in [1.29, 1.82) is 0 Å². The van der Waals surface area contributed by atoms with Gasteiger partial charge in [0.1, 0.15) is 0 Å². The van der Waals surface area contributed by atoms with Crippen LogP contribution in [0.2, 0.25) is 0 Å². The van der Waals surface area contributed by atoms with Crippen molar-refractivity contribution >= 4 is 140 Å². The second-order valence-electron chi connectivity index (χ2n) is 1.75. The van der Waals surface area contributed by atoms with Crippen molar-refractivity contribution < 1.29 is 167 Å². The molecule has 0 aromatic rings. The molecule has 0 spiro atoms. The molecule has 0 aliphatic heterocycles. The molecule has 0 aromatic heterocycles. The molecule has 0 heterocycles. The van der Waals surface area contributed by atoms with Crippen LogP contribution >= 0.6 is 0 Å². The van der Waals surface area contributed by atoms with E-state index in [4.69, 9.17) is 98.4 Å². The average molecular weight is 834 g/mol. The van der Waals surface area contributed by atoms with Crippen molar-refractivity contribution in [1.82, 2.24) is 0 Å². The topological polar surface area (TPSA) is 442 Å². The molecule has 0 saturated heterocycles. The molecular formula is Ca2Fe2Mn2O21Si7. The molecule has 0 N–H and O–H groups in total. The van der Waals surface area contributed by atoms with Crippen LogP contribution in [0, 0.1) is 0 Å². The zero-order valence-electron chi connectivity index (χ0n) is 15.0. The Morgan fingerprint density at radius 3 is 0.265 bits per heavy atom. The van der Waals surface area contributed by atoms with Gasteiger partial charge < -0.3 is 98.4 Å². The predicted octanol–water partition coefficient (Wildman–Crippen LogP) is -20.9. The van der Waals surface area contributed by atoms with E-state index in [-0.39, 0.29) is 144 Å². The molecule has 0 aromatic carbocycles. The van der Waals surface area contributed by atoms with Gasteiger partial charge in [-0.25, -0.2) is 0 Å².